The van der Waals surface area contributed by atoms with Crippen LogP contribution in [-0.4, -0.2) is 25.0 Å². The standard InChI is InChI=1S/C15H22N2O/c1-3-13-4-6-15(7-5-13)17-10-8-14(9-11-17)16-12(2)18/h4-7,14H,3,8-11H2,1-2H3,(H,16,18). The third-order valence-corrected chi connectivity index (χ3v) is 3.61. The molecule has 98 valence electrons. The monoisotopic (exact) mass is 246 g/mol. The van der Waals surface area contributed by atoms with Crippen LogP contribution in [0.15, 0.2) is 24.3 Å². The Morgan fingerprint density at radius 1 is 1.28 bits per heavy atom. The van der Waals surface area contributed by atoms with Crippen molar-refractivity contribution < 1.29 is 4.79 Å². The van der Waals surface area contributed by atoms with E-state index < -0.39 is 0 Å². The van der Waals surface area contributed by atoms with Gasteiger partial charge in [0, 0.05) is 31.7 Å². The summed E-state index contributed by atoms with van der Waals surface area (Å²) in [6.45, 7) is 5.82. The molecule has 0 bridgehead atoms. The van der Waals surface area contributed by atoms with Crippen molar-refractivity contribution in [2.24, 2.45) is 0 Å². The Morgan fingerprint density at radius 2 is 1.89 bits per heavy atom. The zero-order chi connectivity index (χ0) is 13.0. The minimum atomic E-state index is 0.0840. The van der Waals surface area contributed by atoms with Crippen molar-refractivity contribution >= 4 is 11.6 Å². The summed E-state index contributed by atoms with van der Waals surface area (Å²) in [7, 11) is 0. The lowest BCUT2D eigenvalue weighted by Crippen LogP contribution is -2.44. The highest BCUT2D eigenvalue weighted by Crippen LogP contribution is 2.20. The SMILES string of the molecule is CCc1ccc(N2CCC(NC(C)=O)CC2)cc1. The fraction of sp³-hybridized carbons (Fsp3) is 0.533. The van der Waals surface area contributed by atoms with Crippen molar-refractivity contribution in [1.29, 1.82) is 0 Å². The zero-order valence-electron chi connectivity index (χ0n) is 11.3. The number of carbonyl (C=O) groups excluding carboxylic acids is 1. The van der Waals surface area contributed by atoms with Gasteiger partial charge in [0.15, 0.2) is 0 Å². The Morgan fingerprint density at radius 3 is 2.39 bits per heavy atom. The number of piperidine rings is 1. The Kier molecular flexibility index (Phi) is 4.24. The average Bonchev–Trinajstić information content (AvgIpc) is 2.39. The molecule has 1 aliphatic heterocycles. The molecule has 2 rings (SSSR count). The maximum Gasteiger partial charge on any atom is 0.217 e. The van der Waals surface area contributed by atoms with E-state index >= 15 is 0 Å². The molecular formula is C15H22N2O. The molecule has 0 spiro atoms. The van der Waals surface area contributed by atoms with E-state index in [1.807, 2.05) is 0 Å². The Bertz CT molecular complexity index is 391. The molecule has 0 radical (unpaired) electrons. The van der Waals surface area contributed by atoms with Gasteiger partial charge in [-0.15, -0.1) is 0 Å². The summed E-state index contributed by atoms with van der Waals surface area (Å²) in [5.41, 5.74) is 2.68. The average molecular weight is 246 g/mol. The molecule has 0 atom stereocenters. The summed E-state index contributed by atoms with van der Waals surface area (Å²) in [5.74, 6) is 0.0840. The van der Waals surface area contributed by atoms with Crippen LogP contribution in [0, 0.1) is 0 Å². The van der Waals surface area contributed by atoms with Gasteiger partial charge >= 0.3 is 0 Å². The van der Waals surface area contributed by atoms with Gasteiger partial charge in [-0.1, -0.05) is 19.1 Å². The lowest BCUT2D eigenvalue weighted by molar-refractivity contribution is -0.119. The predicted octanol–water partition coefficient (Wildman–Crippen LogP) is 2.35. The number of hydrogen-bond acceptors (Lipinski definition) is 2. The molecular weight excluding hydrogens is 224 g/mol. The highest BCUT2D eigenvalue weighted by Gasteiger charge is 2.19. The van der Waals surface area contributed by atoms with Gasteiger partial charge in [0.05, 0.1) is 0 Å². The number of anilines is 1. The maximum absolute atomic E-state index is 11.0. The second kappa shape index (κ2) is 5.89. The number of hydrogen-bond donors (Lipinski definition) is 1. The van der Waals surface area contributed by atoms with E-state index in [2.05, 4.69) is 41.4 Å². The van der Waals surface area contributed by atoms with Crippen molar-refractivity contribution in [2.45, 2.75) is 39.2 Å². The van der Waals surface area contributed by atoms with Gasteiger partial charge < -0.3 is 10.2 Å². The lowest BCUT2D eigenvalue weighted by atomic mass is 10.0. The van der Waals surface area contributed by atoms with E-state index in [0.717, 1.165) is 32.4 Å². The molecule has 0 unspecified atom stereocenters. The van der Waals surface area contributed by atoms with Crippen LogP contribution in [0.25, 0.3) is 0 Å². The van der Waals surface area contributed by atoms with E-state index in [4.69, 9.17) is 0 Å². The normalized spacial score (nSPS) is 16.7. The van der Waals surface area contributed by atoms with Crippen molar-refractivity contribution in [3.05, 3.63) is 29.8 Å². The molecule has 0 saturated carbocycles. The first-order valence-corrected chi connectivity index (χ1v) is 6.80. The van der Waals surface area contributed by atoms with Gasteiger partial charge in [-0.25, -0.2) is 0 Å². The van der Waals surface area contributed by atoms with Gasteiger partial charge in [-0.2, -0.15) is 0 Å². The maximum atomic E-state index is 11.0. The summed E-state index contributed by atoms with van der Waals surface area (Å²) in [4.78, 5) is 13.4. The number of amides is 1. The van der Waals surface area contributed by atoms with Crippen molar-refractivity contribution in [2.75, 3.05) is 18.0 Å². The topological polar surface area (TPSA) is 32.3 Å². The van der Waals surface area contributed by atoms with Crippen LogP contribution < -0.4 is 10.2 Å². The number of benzene rings is 1. The number of aryl methyl sites for hydroxylation is 1. The lowest BCUT2D eigenvalue weighted by Gasteiger charge is -2.33. The number of carbonyl (C=O) groups is 1. The highest BCUT2D eigenvalue weighted by molar-refractivity contribution is 5.73. The molecule has 3 nitrogen and oxygen atoms in total. The number of nitrogens with one attached hydrogen (secondary N) is 1. The Balaban J connectivity index is 1.90. The molecule has 3 heteroatoms. The minimum absolute atomic E-state index is 0.0840. The molecule has 1 aromatic carbocycles. The van der Waals surface area contributed by atoms with Gasteiger partial charge in [0.1, 0.15) is 0 Å². The summed E-state index contributed by atoms with van der Waals surface area (Å²) in [6, 6.07) is 9.17. The first-order chi connectivity index (χ1) is 8.69. The predicted molar refractivity (Wildman–Crippen MR) is 74.9 cm³/mol. The quantitative estimate of drug-likeness (QED) is 0.888. The summed E-state index contributed by atoms with van der Waals surface area (Å²) < 4.78 is 0. The van der Waals surface area contributed by atoms with Crippen LogP contribution >= 0.6 is 0 Å². The molecule has 0 aliphatic carbocycles. The van der Waals surface area contributed by atoms with Gasteiger partial charge in [0.2, 0.25) is 5.91 Å². The second-order valence-corrected chi connectivity index (χ2v) is 4.98. The largest absolute Gasteiger partial charge is 0.371 e. The molecule has 0 aromatic heterocycles. The third kappa shape index (κ3) is 3.25. The van der Waals surface area contributed by atoms with Crippen LogP contribution in [0.5, 0.6) is 0 Å². The molecule has 1 aliphatic rings. The van der Waals surface area contributed by atoms with Crippen molar-refractivity contribution in [3.8, 4) is 0 Å². The first-order valence-electron chi connectivity index (χ1n) is 6.80. The first kappa shape index (κ1) is 12.9. The molecule has 1 N–H and O–H groups in total. The third-order valence-electron chi connectivity index (χ3n) is 3.61. The fourth-order valence-electron chi connectivity index (χ4n) is 2.51. The van der Waals surface area contributed by atoms with Crippen LogP contribution in [0.1, 0.15) is 32.3 Å². The van der Waals surface area contributed by atoms with E-state index in [1.165, 1.54) is 11.3 Å². The van der Waals surface area contributed by atoms with Crippen LogP contribution in [0.3, 0.4) is 0 Å². The Labute approximate surface area is 109 Å². The van der Waals surface area contributed by atoms with Gasteiger partial charge in [-0.05, 0) is 37.0 Å². The number of rotatable bonds is 3. The minimum Gasteiger partial charge on any atom is -0.371 e. The molecule has 1 aromatic rings. The molecule has 1 heterocycles. The van der Waals surface area contributed by atoms with Crippen LogP contribution in [-0.2, 0) is 11.2 Å². The Hall–Kier alpha value is -1.51. The fourth-order valence-corrected chi connectivity index (χ4v) is 2.51. The van der Waals surface area contributed by atoms with Gasteiger partial charge in [-0.3, -0.25) is 4.79 Å². The van der Waals surface area contributed by atoms with E-state index in [0.29, 0.717) is 6.04 Å². The molecule has 1 fully saturated rings. The highest BCUT2D eigenvalue weighted by atomic mass is 16.1. The van der Waals surface area contributed by atoms with Crippen LogP contribution in [0.4, 0.5) is 5.69 Å². The summed E-state index contributed by atoms with van der Waals surface area (Å²) >= 11 is 0. The van der Waals surface area contributed by atoms with E-state index in [9.17, 15) is 4.79 Å². The van der Waals surface area contributed by atoms with E-state index in [-0.39, 0.29) is 5.91 Å². The smallest absolute Gasteiger partial charge is 0.217 e. The molecule has 18 heavy (non-hydrogen) atoms. The molecule has 1 amide bonds. The number of nitrogens with zero attached hydrogens (tertiary/aromatic N) is 1. The van der Waals surface area contributed by atoms with Crippen molar-refractivity contribution in [1.82, 2.24) is 5.32 Å². The second-order valence-electron chi connectivity index (χ2n) is 4.98. The van der Waals surface area contributed by atoms with Crippen LogP contribution in [0.2, 0.25) is 0 Å². The summed E-state index contributed by atoms with van der Waals surface area (Å²) in [6.07, 6.45) is 3.16. The van der Waals surface area contributed by atoms with Gasteiger partial charge in [0.25, 0.3) is 0 Å². The zero-order valence-corrected chi connectivity index (χ0v) is 11.3. The van der Waals surface area contributed by atoms with Crippen molar-refractivity contribution in [3.63, 3.8) is 0 Å². The molecule has 1 saturated heterocycles. The summed E-state index contributed by atoms with van der Waals surface area (Å²) in [5, 5.41) is 3.01. The van der Waals surface area contributed by atoms with E-state index in [1.54, 1.807) is 6.92 Å².